The molecule has 7 heteroatoms. The van der Waals surface area contributed by atoms with Crippen molar-refractivity contribution in [1.29, 1.82) is 0 Å². The maximum Gasteiger partial charge on any atom is 0.258 e. The summed E-state index contributed by atoms with van der Waals surface area (Å²) in [6, 6.07) is 10.5. The smallest absolute Gasteiger partial charge is 0.258 e. The van der Waals surface area contributed by atoms with Crippen molar-refractivity contribution < 1.29 is 28.8 Å². The first kappa shape index (κ1) is 20.4. The Kier molecular flexibility index (Phi) is 7.31. The molecule has 2 aromatic carbocycles. The highest BCUT2D eigenvalue weighted by molar-refractivity contribution is 5.77. The van der Waals surface area contributed by atoms with Crippen LogP contribution in [-0.4, -0.2) is 45.5 Å². The lowest BCUT2D eigenvalue weighted by Crippen LogP contribution is -2.32. The van der Waals surface area contributed by atoms with Gasteiger partial charge in [0.1, 0.15) is 11.5 Å². The molecule has 0 aliphatic heterocycles. The van der Waals surface area contributed by atoms with Gasteiger partial charge in [-0.3, -0.25) is 4.79 Å². The summed E-state index contributed by atoms with van der Waals surface area (Å²) in [5.41, 5.74) is 1.55. The molecule has 7 nitrogen and oxygen atoms in total. The standard InChI is InChI=1S/C20H25NO6/c1-13-5-7-18(19(9-13)26-4)27-12-20(23)21-11-16(22)15-10-14(24-2)6-8-17(15)25-3/h5-10,16,22H,11-12H2,1-4H3,(H,21,23). The monoisotopic (exact) mass is 375 g/mol. The number of hydrogen-bond donors (Lipinski definition) is 2. The van der Waals surface area contributed by atoms with Crippen LogP contribution in [0.5, 0.6) is 23.0 Å². The molecule has 0 aliphatic carbocycles. The van der Waals surface area contributed by atoms with Crippen molar-refractivity contribution in [1.82, 2.24) is 5.32 Å². The molecule has 2 rings (SSSR count). The number of nitrogens with one attached hydrogen (secondary N) is 1. The van der Waals surface area contributed by atoms with E-state index in [9.17, 15) is 9.90 Å². The summed E-state index contributed by atoms with van der Waals surface area (Å²) in [4.78, 5) is 12.1. The minimum atomic E-state index is -0.951. The number of aliphatic hydroxyl groups excluding tert-OH is 1. The van der Waals surface area contributed by atoms with Crippen LogP contribution in [0.2, 0.25) is 0 Å². The molecular weight excluding hydrogens is 350 g/mol. The van der Waals surface area contributed by atoms with E-state index in [1.54, 1.807) is 31.4 Å². The van der Waals surface area contributed by atoms with Gasteiger partial charge in [-0.25, -0.2) is 0 Å². The summed E-state index contributed by atoms with van der Waals surface area (Å²) < 4.78 is 21.1. The molecule has 2 N–H and O–H groups in total. The summed E-state index contributed by atoms with van der Waals surface area (Å²) in [5, 5.41) is 13.0. The van der Waals surface area contributed by atoms with Crippen molar-refractivity contribution in [3.05, 3.63) is 47.5 Å². The van der Waals surface area contributed by atoms with Gasteiger partial charge in [0.2, 0.25) is 0 Å². The molecule has 1 amide bonds. The SMILES string of the molecule is COc1ccc(OC)c(C(O)CNC(=O)COc2ccc(C)cc2OC)c1. The maximum atomic E-state index is 12.1. The van der Waals surface area contributed by atoms with Gasteiger partial charge in [0, 0.05) is 12.1 Å². The summed E-state index contributed by atoms with van der Waals surface area (Å²) in [6.07, 6.45) is -0.951. The van der Waals surface area contributed by atoms with Crippen molar-refractivity contribution in [3.8, 4) is 23.0 Å². The molecule has 0 spiro atoms. The first-order chi connectivity index (χ1) is 13.0. The summed E-state index contributed by atoms with van der Waals surface area (Å²) in [6.45, 7) is 1.76. The largest absolute Gasteiger partial charge is 0.497 e. The first-order valence-corrected chi connectivity index (χ1v) is 8.42. The zero-order chi connectivity index (χ0) is 19.8. The van der Waals surface area contributed by atoms with Crippen LogP contribution in [-0.2, 0) is 4.79 Å². The predicted octanol–water partition coefficient (Wildman–Crippen LogP) is 2.25. The topological polar surface area (TPSA) is 86.2 Å². The van der Waals surface area contributed by atoms with Gasteiger partial charge in [-0.05, 0) is 42.8 Å². The fourth-order valence-electron chi connectivity index (χ4n) is 2.51. The van der Waals surface area contributed by atoms with E-state index in [0.29, 0.717) is 28.6 Å². The Hall–Kier alpha value is -2.93. The van der Waals surface area contributed by atoms with E-state index in [1.807, 2.05) is 19.1 Å². The van der Waals surface area contributed by atoms with Gasteiger partial charge in [0.05, 0.1) is 27.4 Å². The van der Waals surface area contributed by atoms with Gasteiger partial charge >= 0.3 is 0 Å². The van der Waals surface area contributed by atoms with Gasteiger partial charge in [-0.2, -0.15) is 0 Å². The van der Waals surface area contributed by atoms with Crippen molar-refractivity contribution in [2.45, 2.75) is 13.0 Å². The molecule has 0 aromatic heterocycles. The Labute approximate surface area is 158 Å². The molecule has 27 heavy (non-hydrogen) atoms. The van der Waals surface area contributed by atoms with Gasteiger partial charge in [0.15, 0.2) is 18.1 Å². The quantitative estimate of drug-likeness (QED) is 0.699. The number of carbonyl (C=O) groups is 1. The average Bonchev–Trinajstić information content (AvgIpc) is 2.70. The number of aryl methyl sites for hydroxylation is 1. The maximum absolute atomic E-state index is 12.1. The molecule has 0 bridgehead atoms. The van der Waals surface area contributed by atoms with E-state index in [2.05, 4.69) is 5.32 Å². The molecule has 0 heterocycles. The van der Waals surface area contributed by atoms with Crippen molar-refractivity contribution in [2.24, 2.45) is 0 Å². The van der Waals surface area contributed by atoms with Crippen molar-refractivity contribution >= 4 is 5.91 Å². The van der Waals surface area contributed by atoms with Crippen LogP contribution >= 0.6 is 0 Å². The molecule has 0 radical (unpaired) electrons. The molecule has 0 fully saturated rings. The Bertz CT molecular complexity index is 777. The van der Waals surface area contributed by atoms with E-state index >= 15 is 0 Å². The normalized spacial score (nSPS) is 11.4. The number of rotatable bonds is 9. The predicted molar refractivity (Wildman–Crippen MR) is 101 cm³/mol. The van der Waals surface area contributed by atoms with Crippen LogP contribution in [0.3, 0.4) is 0 Å². The van der Waals surface area contributed by atoms with Crippen LogP contribution in [0.15, 0.2) is 36.4 Å². The van der Waals surface area contributed by atoms with Crippen LogP contribution < -0.4 is 24.3 Å². The molecule has 0 saturated heterocycles. The second-order valence-corrected chi connectivity index (χ2v) is 5.87. The molecule has 1 unspecified atom stereocenters. The first-order valence-electron chi connectivity index (χ1n) is 8.42. The average molecular weight is 375 g/mol. The Morgan fingerprint density at radius 3 is 2.37 bits per heavy atom. The van der Waals surface area contributed by atoms with Crippen molar-refractivity contribution in [3.63, 3.8) is 0 Å². The van der Waals surface area contributed by atoms with Gasteiger partial charge < -0.3 is 29.4 Å². The fourth-order valence-corrected chi connectivity index (χ4v) is 2.51. The second-order valence-electron chi connectivity index (χ2n) is 5.87. The van der Waals surface area contributed by atoms with E-state index in [0.717, 1.165) is 5.56 Å². The zero-order valence-corrected chi connectivity index (χ0v) is 15.9. The number of hydrogen-bond acceptors (Lipinski definition) is 6. The van der Waals surface area contributed by atoms with E-state index < -0.39 is 6.10 Å². The third-order valence-corrected chi connectivity index (χ3v) is 3.97. The highest BCUT2D eigenvalue weighted by Crippen LogP contribution is 2.29. The number of methoxy groups -OCH3 is 3. The lowest BCUT2D eigenvalue weighted by molar-refractivity contribution is -0.123. The molecule has 146 valence electrons. The number of aliphatic hydroxyl groups is 1. The van der Waals surface area contributed by atoms with Crippen molar-refractivity contribution in [2.75, 3.05) is 34.5 Å². The summed E-state index contributed by atoms with van der Waals surface area (Å²) >= 11 is 0. The Morgan fingerprint density at radius 1 is 1.00 bits per heavy atom. The molecular formula is C20H25NO6. The van der Waals surface area contributed by atoms with E-state index in [1.165, 1.54) is 14.2 Å². The molecule has 0 saturated carbocycles. The Morgan fingerprint density at radius 2 is 1.70 bits per heavy atom. The van der Waals surface area contributed by atoms with Crippen LogP contribution in [0.4, 0.5) is 0 Å². The number of amides is 1. The van der Waals surface area contributed by atoms with Gasteiger partial charge in [-0.1, -0.05) is 6.07 Å². The second kappa shape index (κ2) is 9.68. The summed E-state index contributed by atoms with van der Waals surface area (Å²) in [5.74, 6) is 1.78. The Balaban J connectivity index is 1.92. The van der Waals surface area contributed by atoms with Gasteiger partial charge in [0.25, 0.3) is 5.91 Å². The third-order valence-electron chi connectivity index (χ3n) is 3.97. The number of carbonyl (C=O) groups excluding carboxylic acids is 1. The van der Waals surface area contributed by atoms with E-state index in [-0.39, 0.29) is 19.1 Å². The van der Waals surface area contributed by atoms with Gasteiger partial charge in [-0.15, -0.1) is 0 Å². The molecule has 2 aromatic rings. The van der Waals surface area contributed by atoms with Crippen LogP contribution in [0.1, 0.15) is 17.2 Å². The van der Waals surface area contributed by atoms with E-state index in [4.69, 9.17) is 18.9 Å². The minimum Gasteiger partial charge on any atom is -0.497 e. The number of benzene rings is 2. The third kappa shape index (κ3) is 5.52. The zero-order valence-electron chi connectivity index (χ0n) is 15.9. The minimum absolute atomic E-state index is 0.0107. The molecule has 1 atom stereocenters. The highest BCUT2D eigenvalue weighted by atomic mass is 16.5. The lowest BCUT2D eigenvalue weighted by atomic mass is 10.1. The highest BCUT2D eigenvalue weighted by Gasteiger charge is 2.16. The van der Waals surface area contributed by atoms with Crippen LogP contribution in [0.25, 0.3) is 0 Å². The van der Waals surface area contributed by atoms with Crippen LogP contribution in [0, 0.1) is 6.92 Å². The fraction of sp³-hybridized carbons (Fsp3) is 0.350. The number of ether oxygens (including phenoxy) is 4. The summed E-state index contributed by atoms with van der Waals surface area (Å²) in [7, 11) is 4.59. The molecule has 0 aliphatic rings. The lowest BCUT2D eigenvalue weighted by Gasteiger charge is -2.17.